The lowest BCUT2D eigenvalue weighted by atomic mass is 9.95. The second kappa shape index (κ2) is 13.0. The molecule has 8 aromatic carbocycles. The molecular formula is C52H34N4. The normalized spacial score (nSPS) is 11.4. The van der Waals surface area contributed by atoms with Crippen molar-refractivity contribution in [2.75, 3.05) is 0 Å². The first-order valence-corrected chi connectivity index (χ1v) is 18.8. The molecule has 2 aromatic heterocycles. The minimum atomic E-state index is 0.509. The monoisotopic (exact) mass is 714 g/mol. The van der Waals surface area contributed by atoms with Crippen molar-refractivity contribution in [3.05, 3.63) is 192 Å². The van der Waals surface area contributed by atoms with Crippen molar-refractivity contribution in [3.63, 3.8) is 0 Å². The molecule has 0 fully saturated rings. The standard InChI is InChI=1S/C52H34N4/c1-33-9-7-11-35(25-33)37-17-23-51-47(29-37)45-13-3-5-15-49(45)55(51)41-19-21-43(39(27-41)31-53)44-22-20-42(28-40(44)32-54)56-50-16-6-4-14-46(50)48-30-38(18-24-52(48)56)36-12-8-10-34(2)26-36/h3-30H,1-2H3. The maximum absolute atomic E-state index is 10.6. The Morgan fingerprint density at radius 3 is 1.20 bits per heavy atom. The number of rotatable bonds is 5. The van der Waals surface area contributed by atoms with Gasteiger partial charge >= 0.3 is 0 Å². The largest absolute Gasteiger partial charge is 0.309 e. The van der Waals surface area contributed by atoms with Gasteiger partial charge in [0.1, 0.15) is 0 Å². The van der Waals surface area contributed by atoms with Gasteiger partial charge in [-0.1, -0.05) is 120 Å². The molecular weight excluding hydrogens is 681 g/mol. The highest BCUT2D eigenvalue weighted by atomic mass is 15.0. The van der Waals surface area contributed by atoms with Crippen LogP contribution in [0.15, 0.2) is 170 Å². The molecule has 0 spiro atoms. The van der Waals surface area contributed by atoms with Crippen LogP contribution < -0.4 is 0 Å². The van der Waals surface area contributed by atoms with Crippen LogP contribution in [0.25, 0.3) is 88.4 Å². The Bertz CT molecular complexity index is 3080. The second-order valence-electron chi connectivity index (χ2n) is 14.6. The van der Waals surface area contributed by atoms with Crippen LogP contribution in [0.1, 0.15) is 22.3 Å². The summed E-state index contributed by atoms with van der Waals surface area (Å²) in [5.74, 6) is 0. The summed E-state index contributed by atoms with van der Waals surface area (Å²) in [5.41, 5.74) is 15.7. The van der Waals surface area contributed by atoms with E-state index < -0.39 is 0 Å². The number of nitrogens with zero attached hydrogens (tertiary/aromatic N) is 4. The highest BCUT2D eigenvalue weighted by molar-refractivity contribution is 6.11. The van der Waals surface area contributed by atoms with Gasteiger partial charge in [0.2, 0.25) is 0 Å². The number of fused-ring (bicyclic) bond motifs is 6. The summed E-state index contributed by atoms with van der Waals surface area (Å²) >= 11 is 0. The zero-order valence-electron chi connectivity index (χ0n) is 31.0. The molecule has 0 atom stereocenters. The van der Waals surface area contributed by atoms with Crippen LogP contribution in [0.5, 0.6) is 0 Å². The Morgan fingerprint density at radius 1 is 0.357 bits per heavy atom. The molecule has 0 amide bonds. The number of aryl methyl sites for hydroxylation is 2. The zero-order chi connectivity index (χ0) is 37.9. The van der Waals surface area contributed by atoms with Crippen LogP contribution in [0.4, 0.5) is 0 Å². The molecule has 56 heavy (non-hydrogen) atoms. The molecule has 4 heteroatoms. The SMILES string of the molecule is Cc1cccc(-c2ccc3c(c2)c2ccccc2n3-c2ccc(-c3ccc(-n4c5ccccc5c5cc(-c6cccc(C)c6)ccc54)cc3C#N)c(C#N)c2)c1. The van der Waals surface area contributed by atoms with Gasteiger partial charge in [0.15, 0.2) is 0 Å². The molecule has 0 aliphatic heterocycles. The van der Waals surface area contributed by atoms with Crippen LogP contribution in [-0.2, 0) is 0 Å². The van der Waals surface area contributed by atoms with Gasteiger partial charge < -0.3 is 9.13 Å². The first-order valence-electron chi connectivity index (χ1n) is 18.8. The maximum Gasteiger partial charge on any atom is 0.0998 e. The molecule has 10 rings (SSSR count). The van der Waals surface area contributed by atoms with Gasteiger partial charge in [-0.05, 0) is 96.8 Å². The topological polar surface area (TPSA) is 57.4 Å². The molecule has 0 bridgehead atoms. The Balaban J connectivity index is 1.08. The summed E-state index contributed by atoms with van der Waals surface area (Å²) in [4.78, 5) is 0. The third kappa shape index (κ3) is 5.28. The van der Waals surface area contributed by atoms with Crippen molar-refractivity contribution in [2.45, 2.75) is 13.8 Å². The summed E-state index contributed by atoms with van der Waals surface area (Å²) in [5, 5.41) is 25.8. The lowest BCUT2D eigenvalue weighted by Crippen LogP contribution is -1.98. The van der Waals surface area contributed by atoms with E-state index in [-0.39, 0.29) is 0 Å². The van der Waals surface area contributed by atoms with E-state index in [1.54, 1.807) is 0 Å². The quantitative estimate of drug-likeness (QED) is 0.178. The van der Waals surface area contributed by atoms with Crippen LogP contribution in [-0.4, -0.2) is 9.13 Å². The third-order valence-corrected chi connectivity index (χ3v) is 11.1. The minimum absolute atomic E-state index is 0.509. The number of aromatic nitrogens is 2. The van der Waals surface area contributed by atoms with Crippen molar-refractivity contribution in [1.82, 2.24) is 9.13 Å². The van der Waals surface area contributed by atoms with E-state index in [0.29, 0.717) is 11.1 Å². The van der Waals surface area contributed by atoms with Gasteiger partial charge in [-0.3, -0.25) is 0 Å². The molecule has 0 unspecified atom stereocenters. The van der Waals surface area contributed by atoms with E-state index in [4.69, 9.17) is 0 Å². The predicted octanol–water partition coefficient (Wildman–Crippen LogP) is 13.2. The molecule has 262 valence electrons. The number of benzene rings is 8. The summed E-state index contributed by atoms with van der Waals surface area (Å²) in [7, 11) is 0. The molecule has 10 aromatic rings. The van der Waals surface area contributed by atoms with Crippen LogP contribution in [0, 0.1) is 36.5 Å². The van der Waals surface area contributed by atoms with Gasteiger partial charge in [0, 0.05) is 44.0 Å². The fourth-order valence-corrected chi connectivity index (χ4v) is 8.51. The predicted molar refractivity (Wildman–Crippen MR) is 230 cm³/mol. The molecule has 4 nitrogen and oxygen atoms in total. The average molecular weight is 715 g/mol. The highest BCUT2D eigenvalue weighted by Crippen LogP contribution is 2.39. The van der Waals surface area contributed by atoms with E-state index in [9.17, 15) is 10.5 Å². The average Bonchev–Trinajstić information content (AvgIpc) is 3.75. The van der Waals surface area contributed by atoms with Crippen LogP contribution in [0.3, 0.4) is 0 Å². The Hall–Kier alpha value is -7.66. The summed E-state index contributed by atoms with van der Waals surface area (Å²) in [6.45, 7) is 4.23. The van der Waals surface area contributed by atoms with E-state index in [1.807, 2.05) is 24.3 Å². The third-order valence-electron chi connectivity index (χ3n) is 11.1. The summed E-state index contributed by atoms with van der Waals surface area (Å²) in [6.07, 6.45) is 0. The van der Waals surface area contributed by atoms with Crippen molar-refractivity contribution < 1.29 is 0 Å². The Labute approximate surface area is 325 Å². The smallest absolute Gasteiger partial charge is 0.0998 e. The zero-order valence-corrected chi connectivity index (χ0v) is 31.0. The van der Waals surface area contributed by atoms with E-state index in [0.717, 1.165) is 77.2 Å². The maximum atomic E-state index is 10.6. The Morgan fingerprint density at radius 2 is 0.768 bits per heavy atom. The van der Waals surface area contributed by atoms with Gasteiger partial charge in [-0.25, -0.2) is 0 Å². The number of para-hydroxylation sites is 2. The second-order valence-corrected chi connectivity index (χ2v) is 14.6. The molecule has 2 heterocycles. The van der Waals surface area contributed by atoms with Gasteiger partial charge in [0.05, 0.1) is 45.3 Å². The Kier molecular flexibility index (Phi) is 7.66. The van der Waals surface area contributed by atoms with E-state index in [1.165, 1.54) is 22.3 Å². The number of hydrogen-bond donors (Lipinski definition) is 0. The van der Waals surface area contributed by atoms with Crippen LogP contribution >= 0.6 is 0 Å². The summed E-state index contributed by atoms with van der Waals surface area (Å²) in [6, 6.07) is 64.2. The van der Waals surface area contributed by atoms with Gasteiger partial charge in [-0.2, -0.15) is 10.5 Å². The fourth-order valence-electron chi connectivity index (χ4n) is 8.51. The van der Waals surface area contributed by atoms with Gasteiger partial charge in [-0.15, -0.1) is 0 Å². The number of nitriles is 2. The first kappa shape index (κ1) is 32.9. The molecule has 0 saturated carbocycles. The van der Waals surface area contributed by atoms with Crippen LogP contribution in [0.2, 0.25) is 0 Å². The van der Waals surface area contributed by atoms with Crippen molar-refractivity contribution in [1.29, 1.82) is 10.5 Å². The minimum Gasteiger partial charge on any atom is -0.309 e. The number of hydrogen-bond acceptors (Lipinski definition) is 2. The molecule has 0 radical (unpaired) electrons. The van der Waals surface area contributed by atoms with Crippen molar-refractivity contribution in [3.8, 4) is 56.9 Å². The van der Waals surface area contributed by atoms with E-state index >= 15 is 0 Å². The highest BCUT2D eigenvalue weighted by Gasteiger charge is 2.19. The first-order chi connectivity index (χ1) is 27.5. The van der Waals surface area contributed by atoms with E-state index in [2.05, 4.69) is 181 Å². The fraction of sp³-hybridized carbons (Fsp3) is 0.0385. The van der Waals surface area contributed by atoms with Gasteiger partial charge in [0.25, 0.3) is 0 Å². The summed E-state index contributed by atoms with van der Waals surface area (Å²) < 4.78 is 4.46. The van der Waals surface area contributed by atoms with Crippen molar-refractivity contribution >= 4 is 43.6 Å². The lowest BCUT2D eigenvalue weighted by Gasteiger charge is -2.14. The molecule has 0 aliphatic rings. The molecule has 0 saturated heterocycles. The van der Waals surface area contributed by atoms with Crippen molar-refractivity contribution in [2.24, 2.45) is 0 Å². The molecule has 0 aliphatic carbocycles. The molecule has 0 N–H and O–H groups in total. The lowest BCUT2D eigenvalue weighted by molar-refractivity contribution is 1.17.